The molecule has 17 heavy (non-hydrogen) atoms. The molecule has 1 aromatic rings. The molecule has 0 aromatic carbocycles. The van der Waals surface area contributed by atoms with Gasteiger partial charge >= 0.3 is 0 Å². The van der Waals surface area contributed by atoms with Gasteiger partial charge in [-0.2, -0.15) is 0 Å². The van der Waals surface area contributed by atoms with Gasteiger partial charge in [0, 0.05) is 24.3 Å². The van der Waals surface area contributed by atoms with Crippen LogP contribution in [0.3, 0.4) is 0 Å². The monoisotopic (exact) mass is 254 g/mol. The van der Waals surface area contributed by atoms with Crippen LogP contribution in [0.2, 0.25) is 5.02 Å². The first-order chi connectivity index (χ1) is 8.19. The molecular weight excluding hydrogens is 232 g/mol. The second-order valence-electron chi connectivity index (χ2n) is 4.48. The molecule has 1 aromatic heterocycles. The molecule has 96 valence electrons. The minimum Gasteiger partial charge on any atom is -0.298 e. The Bertz CT molecular complexity index is 324. The van der Waals surface area contributed by atoms with Crippen LogP contribution >= 0.6 is 11.6 Å². The minimum atomic E-state index is 0.772. The summed E-state index contributed by atoms with van der Waals surface area (Å²) in [6.07, 6.45) is 4.27. The SMILES string of the molecule is CCC(CC)CN(CC)Cc1cc(Cl)ccn1. The van der Waals surface area contributed by atoms with E-state index >= 15 is 0 Å². The van der Waals surface area contributed by atoms with Gasteiger partial charge in [-0.05, 0) is 24.6 Å². The van der Waals surface area contributed by atoms with Crippen molar-refractivity contribution >= 4 is 11.6 Å². The molecule has 2 nitrogen and oxygen atoms in total. The number of hydrogen-bond acceptors (Lipinski definition) is 2. The van der Waals surface area contributed by atoms with Crippen molar-refractivity contribution in [3.63, 3.8) is 0 Å². The zero-order valence-corrected chi connectivity index (χ0v) is 11.9. The van der Waals surface area contributed by atoms with Gasteiger partial charge < -0.3 is 0 Å². The molecule has 0 atom stereocenters. The third-order valence-electron chi connectivity index (χ3n) is 3.28. The molecule has 3 heteroatoms. The summed E-state index contributed by atoms with van der Waals surface area (Å²) in [7, 11) is 0. The van der Waals surface area contributed by atoms with E-state index in [4.69, 9.17) is 11.6 Å². The molecule has 0 radical (unpaired) electrons. The highest BCUT2D eigenvalue weighted by molar-refractivity contribution is 6.30. The lowest BCUT2D eigenvalue weighted by atomic mass is 10.0. The van der Waals surface area contributed by atoms with Crippen molar-refractivity contribution in [3.8, 4) is 0 Å². The van der Waals surface area contributed by atoms with Crippen LogP contribution in [0.4, 0.5) is 0 Å². The highest BCUT2D eigenvalue weighted by Gasteiger charge is 2.10. The molecule has 0 aliphatic heterocycles. The lowest BCUT2D eigenvalue weighted by molar-refractivity contribution is 0.224. The molecule has 0 amide bonds. The van der Waals surface area contributed by atoms with Gasteiger partial charge in [0.1, 0.15) is 0 Å². The van der Waals surface area contributed by atoms with Crippen LogP contribution in [-0.4, -0.2) is 23.0 Å². The van der Waals surface area contributed by atoms with Crippen molar-refractivity contribution in [2.45, 2.75) is 40.2 Å². The zero-order chi connectivity index (χ0) is 12.7. The predicted molar refractivity (Wildman–Crippen MR) is 74.3 cm³/mol. The Morgan fingerprint density at radius 3 is 2.53 bits per heavy atom. The molecular formula is C14H23ClN2. The normalized spacial score (nSPS) is 11.4. The van der Waals surface area contributed by atoms with Crippen LogP contribution < -0.4 is 0 Å². The molecule has 0 spiro atoms. The van der Waals surface area contributed by atoms with Crippen molar-refractivity contribution in [2.24, 2.45) is 5.92 Å². The first kappa shape index (κ1) is 14.5. The van der Waals surface area contributed by atoms with Crippen LogP contribution in [0, 0.1) is 5.92 Å². The Kier molecular flexibility index (Phi) is 6.53. The largest absolute Gasteiger partial charge is 0.298 e. The molecule has 0 aliphatic rings. The molecule has 0 saturated heterocycles. The van der Waals surface area contributed by atoms with Crippen molar-refractivity contribution < 1.29 is 0 Å². The van der Waals surface area contributed by atoms with Crippen LogP contribution in [0.5, 0.6) is 0 Å². The topological polar surface area (TPSA) is 16.1 Å². The van der Waals surface area contributed by atoms with Gasteiger partial charge in [-0.3, -0.25) is 9.88 Å². The molecule has 0 bridgehead atoms. The maximum Gasteiger partial charge on any atom is 0.0558 e. The van der Waals surface area contributed by atoms with E-state index in [1.165, 1.54) is 12.8 Å². The first-order valence-corrected chi connectivity index (χ1v) is 6.90. The van der Waals surface area contributed by atoms with Gasteiger partial charge in [0.25, 0.3) is 0 Å². The van der Waals surface area contributed by atoms with E-state index < -0.39 is 0 Å². The van der Waals surface area contributed by atoms with E-state index in [-0.39, 0.29) is 0 Å². The van der Waals surface area contributed by atoms with Crippen molar-refractivity contribution in [3.05, 3.63) is 29.0 Å². The highest BCUT2D eigenvalue weighted by atomic mass is 35.5. The van der Waals surface area contributed by atoms with E-state index in [1.54, 1.807) is 6.20 Å². The number of nitrogens with zero attached hydrogens (tertiary/aromatic N) is 2. The first-order valence-electron chi connectivity index (χ1n) is 6.52. The lowest BCUT2D eigenvalue weighted by Crippen LogP contribution is -2.29. The Balaban J connectivity index is 2.57. The van der Waals surface area contributed by atoms with Crippen molar-refractivity contribution in [1.82, 2.24) is 9.88 Å². The smallest absolute Gasteiger partial charge is 0.0558 e. The fraction of sp³-hybridized carbons (Fsp3) is 0.643. The summed E-state index contributed by atoms with van der Waals surface area (Å²) in [5, 5.41) is 0.772. The fourth-order valence-corrected chi connectivity index (χ4v) is 2.16. The van der Waals surface area contributed by atoms with E-state index in [0.717, 1.165) is 36.3 Å². The van der Waals surface area contributed by atoms with Crippen molar-refractivity contribution in [1.29, 1.82) is 0 Å². The third kappa shape index (κ3) is 5.05. The van der Waals surface area contributed by atoms with Crippen molar-refractivity contribution in [2.75, 3.05) is 13.1 Å². The number of halogens is 1. The molecule has 0 saturated carbocycles. The molecule has 0 aliphatic carbocycles. The summed E-state index contributed by atoms with van der Waals surface area (Å²) < 4.78 is 0. The fourth-order valence-electron chi connectivity index (χ4n) is 1.98. The number of hydrogen-bond donors (Lipinski definition) is 0. The Morgan fingerprint density at radius 1 is 1.29 bits per heavy atom. The molecule has 0 unspecified atom stereocenters. The standard InChI is InChI=1S/C14H23ClN2/c1-4-12(5-2)10-17(6-3)11-14-9-13(15)7-8-16-14/h7-9,12H,4-6,10-11H2,1-3H3. The van der Waals surface area contributed by atoms with Gasteiger partial charge in [-0.25, -0.2) is 0 Å². The van der Waals surface area contributed by atoms with Crippen LogP contribution in [0.1, 0.15) is 39.3 Å². The maximum absolute atomic E-state index is 5.97. The van der Waals surface area contributed by atoms with E-state index in [2.05, 4.69) is 30.7 Å². The van der Waals surface area contributed by atoms with E-state index in [0.29, 0.717) is 0 Å². The summed E-state index contributed by atoms with van der Waals surface area (Å²) in [5.74, 6) is 0.786. The van der Waals surface area contributed by atoms with Gasteiger partial charge in [0.2, 0.25) is 0 Å². The quantitative estimate of drug-likeness (QED) is 0.731. The van der Waals surface area contributed by atoms with Crippen LogP contribution in [0.15, 0.2) is 18.3 Å². The molecule has 0 N–H and O–H groups in total. The second kappa shape index (κ2) is 7.67. The molecule has 1 heterocycles. The van der Waals surface area contributed by atoms with Gasteiger partial charge in [0.15, 0.2) is 0 Å². The van der Waals surface area contributed by atoms with Gasteiger partial charge in [0.05, 0.1) is 5.69 Å². The van der Waals surface area contributed by atoms with Gasteiger partial charge in [-0.1, -0.05) is 45.2 Å². The lowest BCUT2D eigenvalue weighted by Gasteiger charge is -2.24. The summed E-state index contributed by atoms with van der Waals surface area (Å²) >= 11 is 5.97. The maximum atomic E-state index is 5.97. The Hall–Kier alpha value is -0.600. The van der Waals surface area contributed by atoms with E-state index in [9.17, 15) is 0 Å². The summed E-state index contributed by atoms with van der Waals surface area (Å²) in [5.41, 5.74) is 1.06. The second-order valence-corrected chi connectivity index (χ2v) is 4.91. The predicted octanol–water partition coefficient (Wildman–Crippen LogP) is 3.99. The molecule has 0 fully saturated rings. The Morgan fingerprint density at radius 2 is 2.00 bits per heavy atom. The summed E-state index contributed by atoms with van der Waals surface area (Å²) in [6, 6.07) is 3.78. The number of pyridine rings is 1. The number of aromatic nitrogens is 1. The van der Waals surface area contributed by atoms with E-state index in [1.807, 2.05) is 12.1 Å². The summed E-state index contributed by atoms with van der Waals surface area (Å²) in [4.78, 5) is 6.80. The van der Waals surface area contributed by atoms with Crippen LogP contribution in [-0.2, 0) is 6.54 Å². The molecule has 1 rings (SSSR count). The Labute approximate surface area is 110 Å². The minimum absolute atomic E-state index is 0.772. The average Bonchev–Trinajstić information content (AvgIpc) is 2.34. The highest BCUT2D eigenvalue weighted by Crippen LogP contribution is 2.14. The summed E-state index contributed by atoms with van der Waals surface area (Å²) in [6.45, 7) is 9.84. The third-order valence-corrected chi connectivity index (χ3v) is 3.52. The number of rotatable bonds is 7. The average molecular weight is 255 g/mol. The van der Waals surface area contributed by atoms with Gasteiger partial charge in [-0.15, -0.1) is 0 Å². The zero-order valence-electron chi connectivity index (χ0n) is 11.1. The van der Waals surface area contributed by atoms with Crippen LogP contribution in [0.25, 0.3) is 0 Å².